The predicted molar refractivity (Wildman–Crippen MR) is 74.2 cm³/mol. The van der Waals surface area contributed by atoms with E-state index in [1.165, 1.54) is 19.3 Å². The van der Waals surface area contributed by atoms with Crippen LogP contribution in [0.2, 0.25) is 0 Å². The van der Waals surface area contributed by atoms with Crippen molar-refractivity contribution in [3.8, 4) is 0 Å². The molecule has 0 aromatic rings. The van der Waals surface area contributed by atoms with Gasteiger partial charge >= 0.3 is 0 Å². The van der Waals surface area contributed by atoms with E-state index in [0.717, 1.165) is 38.6 Å². The van der Waals surface area contributed by atoms with E-state index >= 15 is 0 Å². The molecule has 1 aliphatic heterocycles. The summed E-state index contributed by atoms with van der Waals surface area (Å²) in [6.07, 6.45) is 8.85. The fraction of sp³-hybridized carbons (Fsp3) is 0.933. The minimum absolute atomic E-state index is 0.225. The number of hydrogen-bond acceptors (Lipinski definition) is 2. The molecule has 3 atom stereocenters. The average Bonchev–Trinajstić information content (AvgIpc) is 2.52. The highest BCUT2D eigenvalue weighted by atomic mass is 16.2. The van der Waals surface area contributed by atoms with Crippen molar-refractivity contribution in [2.75, 3.05) is 6.54 Å². The van der Waals surface area contributed by atoms with E-state index in [4.69, 9.17) is 5.73 Å². The minimum Gasteiger partial charge on any atom is -0.338 e. The zero-order chi connectivity index (χ0) is 13.2. The Hall–Kier alpha value is -0.570. The van der Waals surface area contributed by atoms with Gasteiger partial charge in [-0.15, -0.1) is 0 Å². The molecule has 0 aromatic heterocycles. The lowest BCUT2D eigenvalue weighted by atomic mass is 9.76. The lowest BCUT2D eigenvalue weighted by Gasteiger charge is -2.40. The van der Waals surface area contributed by atoms with E-state index in [1.54, 1.807) is 0 Å². The number of carbonyl (C=O) groups is 1. The Morgan fingerprint density at radius 3 is 2.67 bits per heavy atom. The standard InChI is InChI=1S/C15H28N2O/c1-12-7-6-9-15(16,11-12)14(18)17-10-5-3-4-8-13(17)2/h12-13H,3-11,16H2,1-2H3. The van der Waals surface area contributed by atoms with Crippen LogP contribution in [0.3, 0.4) is 0 Å². The second kappa shape index (κ2) is 5.60. The Morgan fingerprint density at radius 1 is 1.17 bits per heavy atom. The van der Waals surface area contributed by atoms with Crippen molar-refractivity contribution >= 4 is 5.91 Å². The zero-order valence-corrected chi connectivity index (χ0v) is 12.0. The molecule has 3 heteroatoms. The summed E-state index contributed by atoms with van der Waals surface area (Å²) in [4.78, 5) is 14.9. The predicted octanol–water partition coefficient (Wildman–Crippen LogP) is 2.69. The highest BCUT2D eigenvalue weighted by Gasteiger charge is 2.41. The van der Waals surface area contributed by atoms with Gasteiger partial charge in [0, 0.05) is 12.6 Å². The Labute approximate surface area is 111 Å². The van der Waals surface area contributed by atoms with Crippen LogP contribution in [0.4, 0.5) is 0 Å². The number of likely N-dealkylation sites (tertiary alicyclic amines) is 1. The molecule has 18 heavy (non-hydrogen) atoms. The molecule has 0 bridgehead atoms. The van der Waals surface area contributed by atoms with Gasteiger partial charge in [-0.1, -0.05) is 32.6 Å². The van der Waals surface area contributed by atoms with E-state index in [1.807, 2.05) is 0 Å². The van der Waals surface area contributed by atoms with E-state index in [-0.39, 0.29) is 5.91 Å². The summed E-state index contributed by atoms with van der Waals surface area (Å²) in [7, 11) is 0. The largest absolute Gasteiger partial charge is 0.338 e. The number of carbonyl (C=O) groups excluding carboxylic acids is 1. The van der Waals surface area contributed by atoms with Crippen LogP contribution in [0.5, 0.6) is 0 Å². The molecule has 2 fully saturated rings. The second-order valence-electron chi connectivity index (χ2n) is 6.55. The van der Waals surface area contributed by atoms with Gasteiger partial charge in [-0.25, -0.2) is 0 Å². The van der Waals surface area contributed by atoms with Crippen molar-refractivity contribution in [1.82, 2.24) is 4.90 Å². The molecule has 0 aromatic carbocycles. The summed E-state index contributed by atoms with van der Waals surface area (Å²) in [5.74, 6) is 0.818. The molecule has 1 heterocycles. The van der Waals surface area contributed by atoms with Crippen LogP contribution in [0.25, 0.3) is 0 Å². The lowest BCUT2D eigenvalue weighted by Crippen LogP contribution is -2.59. The van der Waals surface area contributed by atoms with Crippen LogP contribution in [0, 0.1) is 5.92 Å². The Bertz CT molecular complexity index is 305. The summed E-state index contributed by atoms with van der Waals surface area (Å²) in [6, 6.07) is 0.373. The zero-order valence-electron chi connectivity index (χ0n) is 12.0. The summed E-state index contributed by atoms with van der Waals surface area (Å²) in [5.41, 5.74) is 5.87. The van der Waals surface area contributed by atoms with Crippen molar-refractivity contribution in [2.45, 2.75) is 76.8 Å². The van der Waals surface area contributed by atoms with Gasteiger partial charge in [0.2, 0.25) is 5.91 Å². The summed E-state index contributed by atoms with van der Waals surface area (Å²) < 4.78 is 0. The maximum atomic E-state index is 12.8. The number of hydrogen-bond donors (Lipinski definition) is 1. The highest BCUT2D eigenvalue weighted by Crippen LogP contribution is 2.33. The third-order valence-electron chi connectivity index (χ3n) is 4.77. The average molecular weight is 252 g/mol. The van der Waals surface area contributed by atoms with E-state index < -0.39 is 5.54 Å². The van der Waals surface area contributed by atoms with Crippen LogP contribution in [-0.2, 0) is 4.79 Å². The van der Waals surface area contributed by atoms with Crippen molar-refractivity contribution in [3.05, 3.63) is 0 Å². The van der Waals surface area contributed by atoms with Crippen LogP contribution < -0.4 is 5.73 Å². The molecule has 2 N–H and O–H groups in total. The van der Waals surface area contributed by atoms with E-state index in [9.17, 15) is 4.79 Å². The number of nitrogens with two attached hydrogens (primary N) is 1. The van der Waals surface area contributed by atoms with Gasteiger partial charge in [-0.3, -0.25) is 4.79 Å². The fourth-order valence-electron chi connectivity index (χ4n) is 3.65. The second-order valence-corrected chi connectivity index (χ2v) is 6.55. The molecular formula is C15H28N2O. The van der Waals surface area contributed by atoms with E-state index in [0.29, 0.717) is 12.0 Å². The van der Waals surface area contributed by atoms with E-state index in [2.05, 4.69) is 18.7 Å². The highest BCUT2D eigenvalue weighted by molar-refractivity contribution is 5.86. The number of amides is 1. The third kappa shape index (κ3) is 2.87. The van der Waals surface area contributed by atoms with Crippen molar-refractivity contribution in [1.29, 1.82) is 0 Å². The molecule has 3 unspecified atom stereocenters. The van der Waals surface area contributed by atoms with Gasteiger partial charge in [-0.05, 0) is 38.5 Å². The van der Waals surface area contributed by atoms with Crippen LogP contribution in [-0.4, -0.2) is 28.9 Å². The smallest absolute Gasteiger partial charge is 0.242 e. The Morgan fingerprint density at radius 2 is 1.94 bits per heavy atom. The molecule has 0 spiro atoms. The normalized spacial score (nSPS) is 38.3. The molecular weight excluding hydrogens is 224 g/mol. The SMILES string of the molecule is CC1CCCC(N)(C(=O)N2CCCCCC2C)C1. The summed E-state index contributed by atoms with van der Waals surface area (Å²) in [6.45, 7) is 5.31. The fourth-order valence-corrected chi connectivity index (χ4v) is 3.65. The van der Waals surface area contributed by atoms with Crippen molar-refractivity contribution in [2.24, 2.45) is 11.7 Å². The quantitative estimate of drug-likeness (QED) is 0.780. The van der Waals surface area contributed by atoms with Gasteiger partial charge < -0.3 is 10.6 Å². The van der Waals surface area contributed by atoms with Gasteiger partial charge in [0.25, 0.3) is 0 Å². The Kier molecular flexibility index (Phi) is 4.31. The maximum absolute atomic E-state index is 12.8. The molecule has 1 amide bonds. The van der Waals surface area contributed by atoms with Crippen LogP contribution >= 0.6 is 0 Å². The first kappa shape index (κ1) is 13.9. The molecule has 1 saturated carbocycles. The maximum Gasteiger partial charge on any atom is 0.242 e. The van der Waals surface area contributed by atoms with Crippen molar-refractivity contribution in [3.63, 3.8) is 0 Å². The van der Waals surface area contributed by atoms with Gasteiger partial charge in [-0.2, -0.15) is 0 Å². The van der Waals surface area contributed by atoms with Crippen LogP contribution in [0.15, 0.2) is 0 Å². The minimum atomic E-state index is -0.573. The molecule has 3 nitrogen and oxygen atoms in total. The third-order valence-corrected chi connectivity index (χ3v) is 4.77. The van der Waals surface area contributed by atoms with Gasteiger partial charge in [0.15, 0.2) is 0 Å². The molecule has 2 rings (SSSR count). The first-order valence-electron chi connectivity index (χ1n) is 7.63. The molecule has 1 aliphatic carbocycles. The van der Waals surface area contributed by atoms with Crippen molar-refractivity contribution < 1.29 is 4.79 Å². The van der Waals surface area contributed by atoms with Gasteiger partial charge in [0.1, 0.15) is 0 Å². The first-order chi connectivity index (χ1) is 8.53. The number of rotatable bonds is 1. The summed E-state index contributed by atoms with van der Waals surface area (Å²) >= 11 is 0. The lowest BCUT2D eigenvalue weighted by molar-refractivity contribution is -0.140. The topological polar surface area (TPSA) is 46.3 Å². The monoisotopic (exact) mass is 252 g/mol. The summed E-state index contributed by atoms with van der Waals surface area (Å²) in [5, 5.41) is 0. The molecule has 104 valence electrons. The Balaban J connectivity index is 2.08. The molecule has 0 radical (unpaired) electrons. The van der Waals surface area contributed by atoms with Gasteiger partial charge in [0.05, 0.1) is 5.54 Å². The molecule has 1 saturated heterocycles. The van der Waals surface area contributed by atoms with Crippen LogP contribution in [0.1, 0.15) is 65.2 Å². The first-order valence-corrected chi connectivity index (χ1v) is 7.63. The molecule has 2 aliphatic rings. The number of nitrogens with zero attached hydrogens (tertiary/aromatic N) is 1.